The molecular formula is C19H21NO. The predicted octanol–water partition coefficient (Wildman–Crippen LogP) is 4.52. The first kappa shape index (κ1) is 15.0. The lowest BCUT2D eigenvalue weighted by Gasteiger charge is -2.11. The van der Waals surface area contributed by atoms with Crippen molar-refractivity contribution in [3.8, 4) is 0 Å². The average molecular weight is 279 g/mol. The summed E-state index contributed by atoms with van der Waals surface area (Å²) >= 11 is 0. The minimum Gasteiger partial charge on any atom is -0.322 e. The molecule has 0 heterocycles. The van der Waals surface area contributed by atoms with E-state index in [0.29, 0.717) is 0 Å². The van der Waals surface area contributed by atoms with Crippen molar-refractivity contribution in [1.29, 1.82) is 0 Å². The maximum Gasteiger partial charge on any atom is 0.248 e. The zero-order valence-corrected chi connectivity index (χ0v) is 12.8. The molecule has 108 valence electrons. The van der Waals surface area contributed by atoms with Crippen LogP contribution >= 0.6 is 0 Å². The molecule has 2 aromatic carbocycles. The Morgan fingerprint density at radius 2 is 1.76 bits per heavy atom. The average Bonchev–Trinajstić information content (AvgIpc) is 2.48. The molecule has 0 unspecified atom stereocenters. The van der Waals surface area contributed by atoms with Gasteiger partial charge in [0.2, 0.25) is 5.91 Å². The van der Waals surface area contributed by atoms with E-state index in [0.717, 1.165) is 34.4 Å². The third-order valence-electron chi connectivity index (χ3n) is 3.59. The molecule has 2 nitrogen and oxygen atoms in total. The van der Waals surface area contributed by atoms with Gasteiger partial charge in [0.15, 0.2) is 0 Å². The number of carbonyl (C=O) groups excluding carboxylic acids is 1. The van der Waals surface area contributed by atoms with Gasteiger partial charge in [-0.3, -0.25) is 4.79 Å². The summed E-state index contributed by atoms with van der Waals surface area (Å²) in [5.74, 6) is -0.0951. The standard InChI is InChI=1S/C19H21NO/c1-4-16-11-7-9-15(3)19(16)20-18(21)13-12-17-10-6-5-8-14(17)2/h5-13H,4H2,1-3H3,(H,20,21)/b13-12+. The highest BCUT2D eigenvalue weighted by Crippen LogP contribution is 2.21. The van der Waals surface area contributed by atoms with Gasteiger partial charge in [0.25, 0.3) is 0 Å². The third kappa shape index (κ3) is 3.82. The van der Waals surface area contributed by atoms with E-state index in [9.17, 15) is 4.79 Å². The Morgan fingerprint density at radius 1 is 1.05 bits per heavy atom. The Morgan fingerprint density at radius 3 is 2.48 bits per heavy atom. The van der Waals surface area contributed by atoms with Gasteiger partial charge in [-0.05, 0) is 48.6 Å². The second kappa shape index (κ2) is 6.89. The quantitative estimate of drug-likeness (QED) is 0.819. The van der Waals surface area contributed by atoms with Gasteiger partial charge in [-0.25, -0.2) is 0 Å². The first-order valence-corrected chi connectivity index (χ1v) is 7.25. The molecule has 2 aromatic rings. The molecule has 0 saturated carbocycles. The highest BCUT2D eigenvalue weighted by molar-refractivity contribution is 6.02. The second-order valence-corrected chi connectivity index (χ2v) is 5.14. The molecule has 21 heavy (non-hydrogen) atoms. The second-order valence-electron chi connectivity index (χ2n) is 5.14. The van der Waals surface area contributed by atoms with Crippen molar-refractivity contribution in [1.82, 2.24) is 0 Å². The molecule has 0 aliphatic rings. The van der Waals surface area contributed by atoms with Crippen LogP contribution in [-0.2, 0) is 11.2 Å². The van der Waals surface area contributed by atoms with Crippen molar-refractivity contribution >= 4 is 17.7 Å². The molecule has 0 fully saturated rings. The molecule has 0 radical (unpaired) electrons. The molecule has 0 saturated heterocycles. The number of hydrogen-bond acceptors (Lipinski definition) is 1. The summed E-state index contributed by atoms with van der Waals surface area (Å²) < 4.78 is 0. The lowest BCUT2D eigenvalue weighted by atomic mass is 10.1. The maximum absolute atomic E-state index is 12.1. The summed E-state index contributed by atoms with van der Waals surface area (Å²) in [6, 6.07) is 14.1. The van der Waals surface area contributed by atoms with Gasteiger partial charge in [0, 0.05) is 11.8 Å². The molecule has 0 atom stereocenters. The summed E-state index contributed by atoms with van der Waals surface area (Å²) in [4.78, 5) is 12.1. The molecule has 0 aromatic heterocycles. The molecular weight excluding hydrogens is 258 g/mol. The highest BCUT2D eigenvalue weighted by atomic mass is 16.1. The lowest BCUT2D eigenvalue weighted by molar-refractivity contribution is -0.111. The number of hydrogen-bond donors (Lipinski definition) is 1. The fourth-order valence-corrected chi connectivity index (χ4v) is 2.31. The first-order valence-electron chi connectivity index (χ1n) is 7.25. The number of rotatable bonds is 4. The summed E-state index contributed by atoms with van der Waals surface area (Å²) in [6.45, 7) is 6.14. The van der Waals surface area contributed by atoms with Gasteiger partial charge in [-0.2, -0.15) is 0 Å². The Hall–Kier alpha value is -2.35. The maximum atomic E-state index is 12.1. The number of para-hydroxylation sites is 1. The number of amides is 1. The van der Waals surface area contributed by atoms with Crippen LogP contribution in [0.1, 0.15) is 29.2 Å². The molecule has 0 aliphatic heterocycles. The molecule has 0 spiro atoms. The van der Waals surface area contributed by atoms with Crippen molar-refractivity contribution in [3.63, 3.8) is 0 Å². The zero-order chi connectivity index (χ0) is 15.2. The van der Waals surface area contributed by atoms with E-state index in [2.05, 4.69) is 12.2 Å². The van der Waals surface area contributed by atoms with E-state index < -0.39 is 0 Å². The Bertz CT molecular complexity index is 671. The third-order valence-corrected chi connectivity index (χ3v) is 3.59. The number of anilines is 1. The number of benzene rings is 2. The van der Waals surface area contributed by atoms with Crippen LogP contribution < -0.4 is 5.32 Å². The molecule has 0 bridgehead atoms. The van der Waals surface area contributed by atoms with Crippen molar-refractivity contribution in [2.24, 2.45) is 0 Å². The molecule has 1 N–H and O–H groups in total. The topological polar surface area (TPSA) is 29.1 Å². The monoisotopic (exact) mass is 279 g/mol. The number of nitrogens with one attached hydrogen (secondary N) is 1. The minimum atomic E-state index is -0.0951. The normalized spacial score (nSPS) is 10.8. The number of aryl methyl sites for hydroxylation is 3. The smallest absolute Gasteiger partial charge is 0.248 e. The largest absolute Gasteiger partial charge is 0.322 e. The van der Waals surface area contributed by atoms with Crippen LogP contribution in [0.5, 0.6) is 0 Å². The van der Waals surface area contributed by atoms with Crippen LogP contribution in [0.15, 0.2) is 48.5 Å². The lowest BCUT2D eigenvalue weighted by Crippen LogP contribution is -2.11. The predicted molar refractivity (Wildman–Crippen MR) is 89.4 cm³/mol. The van der Waals surface area contributed by atoms with E-state index in [4.69, 9.17) is 0 Å². The van der Waals surface area contributed by atoms with Crippen LogP contribution in [-0.4, -0.2) is 5.91 Å². The van der Waals surface area contributed by atoms with Crippen LogP contribution in [0.2, 0.25) is 0 Å². The molecule has 2 heteroatoms. The fourth-order valence-electron chi connectivity index (χ4n) is 2.31. The zero-order valence-electron chi connectivity index (χ0n) is 12.8. The van der Waals surface area contributed by atoms with Crippen molar-refractivity contribution in [2.75, 3.05) is 5.32 Å². The van der Waals surface area contributed by atoms with Crippen molar-refractivity contribution < 1.29 is 4.79 Å². The first-order chi connectivity index (χ1) is 10.1. The van der Waals surface area contributed by atoms with Gasteiger partial charge in [0.05, 0.1) is 0 Å². The minimum absolute atomic E-state index is 0.0951. The van der Waals surface area contributed by atoms with E-state index in [1.807, 2.05) is 62.4 Å². The van der Waals surface area contributed by atoms with Gasteiger partial charge < -0.3 is 5.32 Å². The van der Waals surface area contributed by atoms with Gasteiger partial charge in [0.1, 0.15) is 0 Å². The molecule has 2 rings (SSSR count). The van der Waals surface area contributed by atoms with Crippen LogP contribution in [0.3, 0.4) is 0 Å². The highest BCUT2D eigenvalue weighted by Gasteiger charge is 2.06. The van der Waals surface area contributed by atoms with E-state index in [-0.39, 0.29) is 5.91 Å². The summed E-state index contributed by atoms with van der Waals surface area (Å²) in [7, 11) is 0. The van der Waals surface area contributed by atoms with E-state index >= 15 is 0 Å². The Balaban J connectivity index is 2.14. The van der Waals surface area contributed by atoms with Gasteiger partial charge >= 0.3 is 0 Å². The SMILES string of the molecule is CCc1cccc(C)c1NC(=O)/C=C/c1ccccc1C. The van der Waals surface area contributed by atoms with Gasteiger partial charge in [-0.15, -0.1) is 0 Å². The Kier molecular flexibility index (Phi) is 4.94. The molecule has 1 amide bonds. The Labute approximate surface area is 126 Å². The molecule has 0 aliphatic carbocycles. The fraction of sp³-hybridized carbons (Fsp3) is 0.211. The van der Waals surface area contributed by atoms with Crippen LogP contribution in [0.25, 0.3) is 6.08 Å². The van der Waals surface area contributed by atoms with Crippen LogP contribution in [0, 0.1) is 13.8 Å². The summed E-state index contributed by atoms with van der Waals surface area (Å²) in [5.41, 5.74) is 5.40. The van der Waals surface area contributed by atoms with E-state index in [1.54, 1.807) is 6.08 Å². The number of carbonyl (C=O) groups is 1. The van der Waals surface area contributed by atoms with Gasteiger partial charge in [-0.1, -0.05) is 49.4 Å². The summed E-state index contributed by atoms with van der Waals surface area (Å²) in [5, 5.41) is 2.99. The van der Waals surface area contributed by atoms with Crippen molar-refractivity contribution in [3.05, 3.63) is 70.8 Å². The van der Waals surface area contributed by atoms with Crippen LogP contribution in [0.4, 0.5) is 5.69 Å². The summed E-state index contributed by atoms with van der Waals surface area (Å²) in [6.07, 6.45) is 4.35. The van der Waals surface area contributed by atoms with Crippen molar-refractivity contribution in [2.45, 2.75) is 27.2 Å². The van der Waals surface area contributed by atoms with E-state index in [1.165, 1.54) is 0 Å².